The molecular formula is C32H35N7O2. The molecule has 210 valence electrons. The third-order valence-electron chi connectivity index (χ3n) is 7.33. The van der Waals surface area contributed by atoms with Crippen molar-refractivity contribution in [2.24, 2.45) is 0 Å². The van der Waals surface area contributed by atoms with E-state index in [1.54, 1.807) is 23.9 Å². The predicted molar refractivity (Wildman–Crippen MR) is 159 cm³/mol. The lowest BCUT2D eigenvalue weighted by Gasteiger charge is -2.24. The fraction of sp³-hybridized carbons (Fsp3) is 0.312. The smallest absolute Gasteiger partial charge is 0.294 e. The first-order chi connectivity index (χ1) is 19.7. The number of Topliss-reactive ketones (excluding diaryl/α,β-unsaturated/α-hetero) is 1. The van der Waals surface area contributed by atoms with E-state index in [-0.39, 0.29) is 16.9 Å². The normalized spacial score (nSPS) is 11.6. The summed E-state index contributed by atoms with van der Waals surface area (Å²) in [7, 11) is 0. The number of unbranched alkanes of at least 4 members (excludes halogenated alkanes) is 1. The van der Waals surface area contributed by atoms with Crippen LogP contribution in [-0.4, -0.2) is 40.5 Å². The summed E-state index contributed by atoms with van der Waals surface area (Å²) >= 11 is 0. The first-order valence-electron chi connectivity index (χ1n) is 13.9. The molecule has 0 spiro atoms. The van der Waals surface area contributed by atoms with Crippen LogP contribution in [0.1, 0.15) is 74.6 Å². The molecule has 3 heterocycles. The van der Waals surface area contributed by atoms with Crippen molar-refractivity contribution in [2.75, 3.05) is 0 Å². The molecule has 0 aliphatic rings. The lowest BCUT2D eigenvalue weighted by atomic mass is 9.84. The molecule has 0 aliphatic heterocycles. The van der Waals surface area contributed by atoms with Crippen LogP contribution in [0, 0.1) is 0 Å². The van der Waals surface area contributed by atoms with Gasteiger partial charge in [0.05, 0.1) is 12.2 Å². The highest BCUT2D eigenvalue weighted by Crippen LogP contribution is 2.32. The lowest BCUT2D eigenvalue weighted by Crippen LogP contribution is -2.28. The number of rotatable bonds is 9. The summed E-state index contributed by atoms with van der Waals surface area (Å²) < 4.78 is 3.52. The van der Waals surface area contributed by atoms with Gasteiger partial charge in [-0.3, -0.25) is 18.9 Å². The zero-order valence-corrected chi connectivity index (χ0v) is 24.2. The Morgan fingerprint density at radius 3 is 2.46 bits per heavy atom. The minimum absolute atomic E-state index is 0.0623. The zero-order valence-electron chi connectivity index (χ0n) is 24.2. The van der Waals surface area contributed by atoms with Crippen molar-refractivity contribution in [2.45, 2.75) is 65.8 Å². The molecule has 0 saturated carbocycles. The van der Waals surface area contributed by atoms with Crippen LogP contribution >= 0.6 is 0 Å². The maximum atomic E-state index is 14.1. The number of carbonyl (C=O) groups excluding carboxylic acids is 1. The lowest BCUT2D eigenvalue weighted by molar-refractivity contribution is 0.101. The van der Waals surface area contributed by atoms with Gasteiger partial charge in [0.1, 0.15) is 0 Å². The fourth-order valence-electron chi connectivity index (χ4n) is 5.18. The molecular weight excluding hydrogens is 514 g/mol. The molecule has 2 aromatic carbocycles. The minimum atomic E-state index is -0.255. The molecule has 9 nitrogen and oxygen atoms in total. The van der Waals surface area contributed by atoms with Crippen molar-refractivity contribution in [1.82, 2.24) is 34.7 Å². The number of aromatic amines is 1. The van der Waals surface area contributed by atoms with Crippen molar-refractivity contribution in [3.05, 3.63) is 100.0 Å². The monoisotopic (exact) mass is 549 g/mol. The van der Waals surface area contributed by atoms with Gasteiger partial charge in [-0.25, -0.2) is 4.79 Å². The molecule has 5 aromatic rings. The number of tetrazole rings is 1. The molecule has 0 bridgehead atoms. The first kappa shape index (κ1) is 27.9. The van der Waals surface area contributed by atoms with Gasteiger partial charge in [-0.2, -0.15) is 5.21 Å². The number of H-pyrrole nitrogens is 1. The van der Waals surface area contributed by atoms with E-state index >= 15 is 0 Å². The second-order valence-electron chi connectivity index (χ2n) is 11.3. The second kappa shape index (κ2) is 11.4. The number of para-hydroxylation sites is 1. The summed E-state index contributed by atoms with van der Waals surface area (Å²) in [6.45, 7) is 10.4. The summed E-state index contributed by atoms with van der Waals surface area (Å²) in [4.78, 5) is 31.0. The van der Waals surface area contributed by atoms with Crippen LogP contribution in [-0.2, 0) is 18.4 Å². The number of nitrogens with one attached hydrogen (secondary N) is 1. The Balaban J connectivity index is 1.56. The number of hydrogen-bond donors (Lipinski definition) is 1. The number of ketones is 1. The summed E-state index contributed by atoms with van der Waals surface area (Å²) in [5.41, 5.74) is 6.45. The molecule has 1 N–H and O–H groups in total. The number of pyridine rings is 1. The van der Waals surface area contributed by atoms with E-state index in [1.165, 1.54) is 0 Å². The van der Waals surface area contributed by atoms with E-state index in [0.29, 0.717) is 23.6 Å². The van der Waals surface area contributed by atoms with Gasteiger partial charge >= 0.3 is 5.69 Å². The van der Waals surface area contributed by atoms with Crippen molar-refractivity contribution in [3.8, 4) is 28.2 Å². The van der Waals surface area contributed by atoms with Crippen LogP contribution in [0.25, 0.3) is 28.2 Å². The third-order valence-corrected chi connectivity index (χ3v) is 7.33. The molecule has 0 unspecified atom stereocenters. The minimum Gasteiger partial charge on any atom is -0.294 e. The first-order valence-corrected chi connectivity index (χ1v) is 13.9. The van der Waals surface area contributed by atoms with E-state index < -0.39 is 0 Å². The molecule has 0 radical (unpaired) electrons. The maximum absolute atomic E-state index is 14.1. The second-order valence-corrected chi connectivity index (χ2v) is 11.3. The molecule has 0 aliphatic carbocycles. The predicted octanol–water partition coefficient (Wildman–Crippen LogP) is 5.77. The number of benzene rings is 2. The molecule has 41 heavy (non-hydrogen) atoms. The van der Waals surface area contributed by atoms with Gasteiger partial charge in [0.15, 0.2) is 5.78 Å². The summed E-state index contributed by atoms with van der Waals surface area (Å²) in [6, 6.07) is 15.8. The van der Waals surface area contributed by atoms with Crippen molar-refractivity contribution >= 4 is 5.78 Å². The van der Waals surface area contributed by atoms with Gasteiger partial charge in [0, 0.05) is 35.4 Å². The van der Waals surface area contributed by atoms with E-state index in [4.69, 9.17) is 0 Å². The van der Waals surface area contributed by atoms with Crippen LogP contribution in [0.5, 0.6) is 0 Å². The molecule has 3 aromatic heterocycles. The number of nitrogens with zero attached hydrogens (tertiary/aromatic N) is 6. The number of carbonyl (C=O) groups is 1. The van der Waals surface area contributed by atoms with Crippen molar-refractivity contribution in [1.29, 1.82) is 0 Å². The standard InChI is InChI=1S/C32H35N7O2/c1-6-7-9-24-20-39(29-25(21(2)40)10-8-11-28(29)32(3,4)5)31(41)38(24)19-22-12-14-23(15-13-22)26-16-17-33-18-27(26)30-34-36-37-35-30/h8,10-18,20H,6-7,9,19H2,1-5H3,(H,34,35,36,37). The zero-order chi connectivity index (χ0) is 29.1. The Morgan fingerprint density at radius 2 is 1.80 bits per heavy atom. The summed E-state index contributed by atoms with van der Waals surface area (Å²) in [5, 5.41) is 14.4. The highest BCUT2D eigenvalue weighted by molar-refractivity contribution is 5.98. The Kier molecular flexibility index (Phi) is 7.79. The Labute approximate surface area is 239 Å². The molecule has 5 rings (SSSR count). The topological polar surface area (TPSA) is 111 Å². The Hall–Kier alpha value is -4.66. The number of aryl methyl sites for hydroxylation is 1. The van der Waals surface area contributed by atoms with Gasteiger partial charge in [0.25, 0.3) is 0 Å². The molecule has 9 heteroatoms. The van der Waals surface area contributed by atoms with Crippen molar-refractivity contribution < 1.29 is 4.79 Å². The van der Waals surface area contributed by atoms with E-state index in [9.17, 15) is 9.59 Å². The number of hydrogen-bond acceptors (Lipinski definition) is 6. The molecule has 0 amide bonds. The van der Waals surface area contributed by atoms with E-state index in [0.717, 1.165) is 52.8 Å². The molecule has 0 fully saturated rings. The van der Waals surface area contributed by atoms with Gasteiger partial charge < -0.3 is 0 Å². The highest BCUT2D eigenvalue weighted by atomic mass is 16.2. The van der Waals surface area contributed by atoms with Crippen LogP contribution in [0.15, 0.2) is 71.9 Å². The summed E-state index contributed by atoms with van der Waals surface area (Å²) in [5.74, 6) is 0.416. The number of imidazole rings is 1. The van der Waals surface area contributed by atoms with E-state index in [1.807, 2.05) is 59.3 Å². The van der Waals surface area contributed by atoms with Crippen LogP contribution in [0.3, 0.4) is 0 Å². The SMILES string of the molecule is CCCCc1cn(-c2c(C(C)=O)cccc2C(C)(C)C)c(=O)n1Cc1ccc(-c2ccncc2-c2nn[nH]n2)cc1. The van der Waals surface area contributed by atoms with Gasteiger partial charge in [-0.05, 0) is 64.8 Å². The van der Waals surface area contributed by atoms with Gasteiger partial charge in [-0.15, -0.1) is 10.2 Å². The third kappa shape index (κ3) is 5.66. The summed E-state index contributed by atoms with van der Waals surface area (Å²) in [6.07, 6.45) is 8.14. The van der Waals surface area contributed by atoms with E-state index in [2.05, 4.69) is 53.3 Å². The highest BCUT2D eigenvalue weighted by Gasteiger charge is 2.25. The molecule has 0 atom stereocenters. The fourth-order valence-corrected chi connectivity index (χ4v) is 5.18. The van der Waals surface area contributed by atoms with Crippen LogP contribution in [0.4, 0.5) is 0 Å². The van der Waals surface area contributed by atoms with Gasteiger partial charge in [-0.1, -0.05) is 70.5 Å². The quantitative estimate of drug-likeness (QED) is 0.234. The van der Waals surface area contributed by atoms with Crippen molar-refractivity contribution in [3.63, 3.8) is 0 Å². The average Bonchev–Trinajstić information content (AvgIpc) is 3.60. The van der Waals surface area contributed by atoms with Gasteiger partial charge in [0.2, 0.25) is 5.82 Å². The van der Waals surface area contributed by atoms with Crippen LogP contribution < -0.4 is 5.69 Å². The Morgan fingerprint density at radius 1 is 1.02 bits per heavy atom. The average molecular weight is 550 g/mol. The Bertz CT molecular complexity index is 1720. The van der Waals surface area contributed by atoms with Crippen LogP contribution in [0.2, 0.25) is 0 Å². The molecule has 0 saturated heterocycles. The largest absolute Gasteiger partial charge is 0.333 e. The maximum Gasteiger partial charge on any atom is 0.333 e. The number of aromatic nitrogens is 7.